The number of benzene rings is 1. The highest BCUT2D eigenvalue weighted by Gasteiger charge is 2.43. The van der Waals surface area contributed by atoms with Crippen LogP contribution in [0.25, 0.3) is 0 Å². The molecule has 1 saturated heterocycles. The fraction of sp³-hybridized carbons (Fsp3) is 0.533. The average Bonchev–Trinajstić information content (AvgIpc) is 2.35. The smallest absolute Gasteiger partial charge is 0.329 e. The largest absolute Gasteiger partial charge is 0.480 e. The Hall–Kier alpha value is -1.46. The second kappa shape index (κ2) is 5.89. The first-order valence-electron chi connectivity index (χ1n) is 6.79. The Kier molecular flexibility index (Phi) is 4.40. The Bertz CT molecular complexity index is 486. The highest BCUT2D eigenvalue weighted by molar-refractivity contribution is 5.68. The number of likely N-dealkylation sites (tertiary alicyclic amines) is 1. The normalized spacial score (nSPS) is 19.4. The van der Waals surface area contributed by atoms with Gasteiger partial charge in [-0.25, -0.2) is 9.18 Å². The number of rotatable bonds is 6. The molecule has 2 rings (SSSR count). The highest BCUT2D eigenvalue weighted by Crippen LogP contribution is 2.35. The van der Waals surface area contributed by atoms with Crippen LogP contribution < -0.4 is 0 Å². The van der Waals surface area contributed by atoms with E-state index in [1.807, 2.05) is 13.0 Å². The van der Waals surface area contributed by atoms with Crippen molar-refractivity contribution in [1.29, 1.82) is 0 Å². The maximum atomic E-state index is 13.3. The summed E-state index contributed by atoms with van der Waals surface area (Å²) in [7, 11) is 0. The molecule has 20 heavy (non-hydrogen) atoms. The van der Waals surface area contributed by atoms with Gasteiger partial charge in [-0.1, -0.05) is 19.1 Å². The summed E-state index contributed by atoms with van der Waals surface area (Å²) >= 11 is 0. The van der Waals surface area contributed by atoms with Crippen LogP contribution in [0.1, 0.15) is 31.9 Å². The molecular weight excluding hydrogens is 261 g/mol. The number of carboxylic acids is 1. The Morgan fingerprint density at radius 1 is 1.55 bits per heavy atom. The summed E-state index contributed by atoms with van der Waals surface area (Å²) in [6, 6.07) is 6.78. The summed E-state index contributed by atoms with van der Waals surface area (Å²) in [5.41, 5.74) is 0.534. The van der Waals surface area contributed by atoms with Gasteiger partial charge in [0.15, 0.2) is 0 Å². The number of halogens is 1. The third kappa shape index (κ3) is 3.35. The van der Waals surface area contributed by atoms with Crippen molar-refractivity contribution in [3.63, 3.8) is 0 Å². The van der Waals surface area contributed by atoms with Crippen molar-refractivity contribution < 1.29 is 19.0 Å². The molecule has 1 fully saturated rings. The van der Waals surface area contributed by atoms with Gasteiger partial charge in [0.05, 0.1) is 5.60 Å². The zero-order valence-corrected chi connectivity index (χ0v) is 11.8. The molecule has 0 radical (unpaired) electrons. The van der Waals surface area contributed by atoms with Crippen molar-refractivity contribution in [2.75, 3.05) is 19.7 Å². The van der Waals surface area contributed by atoms with Gasteiger partial charge in [0.2, 0.25) is 0 Å². The second-order valence-electron chi connectivity index (χ2n) is 5.52. The molecule has 1 heterocycles. The molecule has 0 spiro atoms. The van der Waals surface area contributed by atoms with E-state index in [9.17, 15) is 9.18 Å². The van der Waals surface area contributed by atoms with Crippen molar-refractivity contribution in [3.8, 4) is 0 Å². The van der Waals surface area contributed by atoms with Gasteiger partial charge in [0, 0.05) is 19.1 Å². The van der Waals surface area contributed by atoms with Crippen LogP contribution in [0.15, 0.2) is 24.3 Å². The molecule has 1 unspecified atom stereocenters. The maximum Gasteiger partial charge on any atom is 0.329 e. The summed E-state index contributed by atoms with van der Waals surface area (Å²) in [5.74, 6) is -1.19. The molecule has 1 aromatic carbocycles. The molecular formula is C15H20FNO3. The van der Waals surface area contributed by atoms with Crippen LogP contribution in [0.2, 0.25) is 0 Å². The van der Waals surface area contributed by atoms with Gasteiger partial charge in [-0.2, -0.15) is 0 Å². The number of nitrogens with zero attached hydrogens (tertiary/aromatic N) is 1. The van der Waals surface area contributed by atoms with Crippen molar-refractivity contribution >= 4 is 5.97 Å². The van der Waals surface area contributed by atoms with Gasteiger partial charge in [0.25, 0.3) is 0 Å². The lowest BCUT2D eigenvalue weighted by molar-refractivity contribution is -0.170. The summed E-state index contributed by atoms with van der Waals surface area (Å²) in [6.45, 7) is 5.01. The van der Waals surface area contributed by atoms with Crippen molar-refractivity contribution in [2.45, 2.75) is 31.9 Å². The van der Waals surface area contributed by atoms with E-state index in [2.05, 4.69) is 11.8 Å². The first-order chi connectivity index (χ1) is 9.43. The first-order valence-corrected chi connectivity index (χ1v) is 6.79. The van der Waals surface area contributed by atoms with Gasteiger partial charge in [-0.3, -0.25) is 4.90 Å². The van der Waals surface area contributed by atoms with Gasteiger partial charge < -0.3 is 9.84 Å². The van der Waals surface area contributed by atoms with E-state index in [4.69, 9.17) is 9.84 Å². The van der Waals surface area contributed by atoms with E-state index in [-0.39, 0.29) is 18.5 Å². The molecule has 1 aliphatic rings. The quantitative estimate of drug-likeness (QED) is 0.870. The summed E-state index contributed by atoms with van der Waals surface area (Å²) in [6.07, 6.45) is 0.873. The molecule has 5 heteroatoms. The lowest BCUT2D eigenvalue weighted by Gasteiger charge is -2.50. The lowest BCUT2D eigenvalue weighted by Crippen LogP contribution is -2.62. The predicted molar refractivity (Wildman–Crippen MR) is 73.0 cm³/mol. The van der Waals surface area contributed by atoms with E-state index in [1.54, 1.807) is 12.1 Å². The van der Waals surface area contributed by atoms with E-state index in [1.165, 1.54) is 6.07 Å². The molecule has 1 aromatic rings. The topological polar surface area (TPSA) is 49.8 Å². The molecule has 1 N–H and O–H groups in total. The SMILES string of the molecule is CCC(c1cccc(F)c1)N1CC(C)(OCC(=O)O)C1. The Morgan fingerprint density at radius 2 is 2.25 bits per heavy atom. The van der Waals surface area contributed by atoms with E-state index in [0.717, 1.165) is 12.0 Å². The monoisotopic (exact) mass is 281 g/mol. The van der Waals surface area contributed by atoms with Crippen LogP contribution in [0.4, 0.5) is 4.39 Å². The Morgan fingerprint density at radius 3 is 2.80 bits per heavy atom. The zero-order valence-electron chi connectivity index (χ0n) is 11.8. The van der Waals surface area contributed by atoms with Crippen LogP contribution in [0.5, 0.6) is 0 Å². The van der Waals surface area contributed by atoms with Crippen LogP contribution >= 0.6 is 0 Å². The number of aliphatic carboxylic acids is 1. The first kappa shape index (κ1) is 14.9. The fourth-order valence-electron chi connectivity index (χ4n) is 2.78. The van der Waals surface area contributed by atoms with Gasteiger partial charge >= 0.3 is 5.97 Å². The number of hydrogen-bond acceptors (Lipinski definition) is 3. The van der Waals surface area contributed by atoms with E-state index < -0.39 is 11.6 Å². The molecule has 1 aliphatic heterocycles. The van der Waals surface area contributed by atoms with Crippen LogP contribution in [-0.2, 0) is 9.53 Å². The molecule has 0 saturated carbocycles. The van der Waals surface area contributed by atoms with Crippen molar-refractivity contribution in [1.82, 2.24) is 4.90 Å². The maximum absolute atomic E-state index is 13.3. The fourth-order valence-corrected chi connectivity index (χ4v) is 2.78. The average molecular weight is 281 g/mol. The molecule has 110 valence electrons. The second-order valence-corrected chi connectivity index (χ2v) is 5.52. The minimum Gasteiger partial charge on any atom is -0.480 e. The van der Waals surface area contributed by atoms with Gasteiger partial charge in [0.1, 0.15) is 12.4 Å². The minimum atomic E-state index is -0.957. The standard InChI is InChI=1S/C15H20FNO3/c1-3-13(11-5-4-6-12(16)7-11)17-9-15(2,10-17)20-8-14(18)19/h4-7,13H,3,8-10H2,1-2H3,(H,18,19). The molecule has 4 nitrogen and oxygen atoms in total. The number of ether oxygens (including phenoxy) is 1. The summed E-state index contributed by atoms with van der Waals surface area (Å²) in [4.78, 5) is 12.7. The van der Waals surface area contributed by atoms with Crippen molar-refractivity contribution in [3.05, 3.63) is 35.6 Å². The van der Waals surface area contributed by atoms with Crippen LogP contribution in [0, 0.1) is 5.82 Å². The van der Waals surface area contributed by atoms with Crippen molar-refractivity contribution in [2.24, 2.45) is 0 Å². The minimum absolute atomic E-state index is 0.146. The zero-order chi connectivity index (χ0) is 14.8. The van der Waals surface area contributed by atoms with E-state index >= 15 is 0 Å². The summed E-state index contributed by atoms with van der Waals surface area (Å²) in [5, 5.41) is 8.65. The molecule has 0 bridgehead atoms. The van der Waals surface area contributed by atoms with Gasteiger partial charge in [-0.05, 0) is 31.0 Å². The third-order valence-corrected chi connectivity index (χ3v) is 3.68. The highest BCUT2D eigenvalue weighted by atomic mass is 19.1. The number of hydrogen-bond donors (Lipinski definition) is 1. The third-order valence-electron chi connectivity index (χ3n) is 3.68. The molecule has 0 aromatic heterocycles. The molecule has 0 aliphatic carbocycles. The molecule has 0 amide bonds. The lowest BCUT2D eigenvalue weighted by atomic mass is 9.90. The Labute approximate surface area is 118 Å². The predicted octanol–water partition coefficient (Wildman–Crippen LogP) is 2.45. The van der Waals surface area contributed by atoms with Crippen LogP contribution in [0.3, 0.4) is 0 Å². The van der Waals surface area contributed by atoms with E-state index in [0.29, 0.717) is 13.1 Å². The summed E-state index contributed by atoms with van der Waals surface area (Å²) < 4.78 is 18.7. The van der Waals surface area contributed by atoms with Crippen LogP contribution in [-0.4, -0.2) is 41.3 Å². The molecule has 1 atom stereocenters. The van der Waals surface area contributed by atoms with Gasteiger partial charge in [-0.15, -0.1) is 0 Å². The number of carboxylic acid groups (broad SMARTS) is 1. The Balaban J connectivity index is 1.97. The number of carbonyl (C=O) groups is 1.